The van der Waals surface area contributed by atoms with Crippen LogP contribution in [0.5, 0.6) is 0 Å². The summed E-state index contributed by atoms with van der Waals surface area (Å²) in [6, 6.07) is 0. The summed E-state index contributed by atoms with van der Waals surface area (Å²) in [7, 11) is 0. The highest BCUT2D eigenvalue weighted by Crippen LogP contribution is 2.29. The molecule has 1 fully saturated rings. The van der Waals surface area contributed by atoms with Crippen LogP contribution in [-0.2, 0) is 0 Å². The molecule has 1 aliphatic heterocycles. The zero-order valence-corrected chi connectivity index (χ0v) is 24.7. The molecule has 0 aromatic rings. The minimum Gasteiger partial charge on any atom is -0.385 e. The minimum absolute atomic E-state index is 0.383. The van der Waals surface area contributed by atoms with E-state index in [0.717, 1.165) is 38.0 Å². The van der Waals surface area contributed by atoms with Gasteiger partial charge in [0.25, 0.3) is 0 Å². The second-order valence-corrected chi connectivity index (χ2v) is 7.34. The van der Waals surface area contributed by atoms with Crippen molar-refractivity contribution in [2.75, 3.05) is 26.2 Å². The summed E-state index contributed by atoms with van der Waals surface area (Å²) in [5, 5.41) is 16.8. The van der Waals surface area contributed by atoms with Gasteiger partial charge in [-0.05, 0) is 71.7 Å². The number of rotatable bonds is 10. The van der Waals surface area contributed by atoms with Crippen LogP contribution in [-0.4, -0.2) is 36.9 Å². The first kappa shape index (κ1) is 41.6. The van der Waals surface area contributed by atoms with Gasteiger partial charge in [0.05, 0.1) is 5.60 Å². The molecule has 1 heterocycles. The van der Waals surface area contributed by atoms with Crippen molar-refractivity contribution < 1.29 is 5.11 Å². The average Bonchev–Trinajstić information content (AvgIpc) is 3.41. The van der Waals surface area contributed by atoms with E-state index in [4.69, 9.17) is 0 Å². The molecule has 0 bridgehead atoms. The normalized spacial score (nSPS) is 15.9. The summed E-state index contributed by atoms with van der Waals surface area (Å²) in [6.07, 6.45) is 12.6. The molecular weight excluding hydrogens is 392 g/mol. The van der Waals surface area contributed by atoms with E-state index in [1.807, 2.05) is 74.5 Å². The van der Waals surface area contributed by atoms with E-state index in [2.05, 4.69) is 38.0 Å². The number of hydrogen-bond acceptors (Lipinski definition) is 3. The highest BCUT2D eigenvalue weighted by atomic mass is 16.3. The first-order valence-electron chi connectivity index (χ1n) is 13.8. The van der Waals surface area contributed by atoms with Gasteiger partial charge in [-0.1, -0.05) is 93.7 Å². The summed E-state index contributed by atoms with van der Waals surface area (Å²) in [5.41, 5.74) is 0.467. The van der Waals surface area contributed by atoms with Gasteiger partial charge in [-0.2, -0.15) is 0 Å². The third-order valence-corrected chi connectivity index (χ3v) is 5.06. The van der Waals surface area contributed by atoms with E-state index in [1.165, 1.54) is 38.6 Å². The average molecular weight is 459 g/mol. The Morgan fingerprint density at radius 1 is 1.00 bits per heavy atom. The molecule has 0 aromatic heterocycles. The Balaban J connectivity index is -0.000000109. The van der Waals surface area contributed by atoms with Crippen LogP contribution in [0.4, 0.5) is 0 Å². The monoisotopic (exact) mass is 459 g/mol. The van der Waals surface area contributed by atoms with E-state index in [1.54, 1.807) is 0 Å². The molecule has 32 heavy (non-hydrogen) atoms. The molecule has 3 nitrogen and oxygen atoms in total. The Bertz CT molecular complexity index is 330. The summed E-state index contributed by atoms with van der Waals surface area (Å²) < 4.78 is 0. The largest absolute Gasteiger partial charge is 0.385 e. The Morgan fingerprint density at radius 2 is 1.50 bits per heavy atom. The third kappa shape index (κ3) is 29.4. The second-order valence-electron chi connectivity index (χ2n) is 7.34. The molecule has 1 saturated heterocycles. The Hall–Kier alpha value is -0.640. The standard InChI is InChI=1S/C10H19NO.C9H19N.C4H10.3C2H6/c1-4-8(2)10(3,12)9-5-6-11-7-9;1-3-5-7-9-10-8-6-4-2;1-3-4-2;3*1-2/h4,9,11-12H,5-7H2,1-3H3;3,10H,1,4-9H2,2H3;3-4H2,1-2H3;3*1-2H3/b8-4+;;;;;/t9-,10?;;;;;/m0...../s1. The van der Waals surface area contributed by atoms with Crippen LogP contribution < -0.4 is 10.6 Å². The van der Waals surface area contributed by atoms with E-state index in [-0.39, 0.29) is 0 Å². The van der Waals surface area contributed by atoms with Gasteiger partial charge in [0.15, 0.2) is 0 Å². The fourth-order valence-corrected chi connectivity index (χ4v) is 2.55. The lowest BCUT2D eigenvalue weighted by Crippen LogP contribution is -2.37. The number of hydrogen-bond donors (Lipinski definition) is 3. The van der Waals surface area contributed by atoms with Gasteiger partial charge in [0.2, 0.25) is 0 Å². The smallest absolute Gasteiger partial charge is 0.0866 e. The molecular formula is C29H66N2O. The van der Waals surface area contributed by atoms with E-state index >= 15 is 0 Å². The van der Waals surface area contributed by atoms with Crippen molar-refractivity contribution in [3.05, 3.63) is 24.3 Å². The van der Waals surface area contributed by atoms with Gasteiger partial charge in [0.1, 0.15) is 0 Å². The molecule has 3 N–H and O–H groups in total. The van der Waals surface area contributed by atoms with Crippen molar-refractivity contribution in [1.29, 1.82) is 0 Å². The SMILES string of the molecule is C/C=C(\C)C(C)(O)[C@H]1CCNC1.C=CCCCNCCCC.CC.CC.CC.CCCC. The molecule has 1 rings (SSSR count). The topological polar surface area (TPSA) is 44.3 Å². The molecule has 0 aromatic carbocycles. The lowest BCUT2D eigenvalue weighted by atomic mass is 9.82. The van der Waals surface area contributed by atoms with Crippen molar-refractivity contribution in [3.8, 4) is 0 Å². The van der Waals surface area contributed by atoms with Crippen molar-refractivity contribution in [3.63, 3.8) is 0 Å². The first-order valence-corrected chi connectivity index (χ1v) is 13.8. The molecule has 198 valence electrons. The summed E-state index contributed by atoms with van der Waals surface area (Å²) >= 11 is 0. The second kappa shape index (κ2) is 37.7. The van der Waals surface area contributed by atoms with Crippen LogP contribution in [0.15, 0.2) is 24.3 Å². The number of allylic oxidation sites excluding steroid dienone is 2. The maximum atomic E-state index is 10.2. The molecule has 0 spiro atoms. The zero-order chi connectivity index (χ0) is 26.3. The minimum atomic E-state index is -0.613. The number of aliphatic hydroxyl groups is 1. The van der Waals surface area contributed by atoms with Crippen LogP contribution >= 0.6 is 0 Å². The fraction of sp³-hybridized carbons (Fsp3) is 0.862. The highest BCUT2D eigenvalue weighted by Gasteiger charge is 2.34. The van der Waals surface area contributed by atoms with Crippen LogP contribution in [0.3, 0.4) is 0 Å². The summed E-state index contributed by atoms with van der Waals surface area (Å²) in [4.78, 5) is 0. The summed E-state index contributed by atoms with van der Waals surface area (Å²) in [6.45, 7) is 32.4. The number of nitrogens with one attached hydrogen (secondary N) is 2. The van der Waals surface area contributed by atoms with Gasteiger partial charge in [0, 0.05) is 12.5 Å². The summed E-state index contributed by atoms with van der Waals surface area (Å²) in [5.74, 6) is 0.383. The van der Waals surface area contributed by atoms with E-state index in [9.17, 15) is 5.11 Å². The predicted molar refractivity (Wildman–Crippen MR) is 153 cm³/mol. The van der Waals surface area contributed by atoms with Crippen LogP contribution in [0, 0.1) is 5.92 Å². The van der Waals surface area contributed by atoms with Crippen molar-refractivity contribution in [2.24, 2.45) is 5.92 Å². The highest BCUT2D eigenvalue weighted by molar-refractivity contribution is 5.14. The maximum Gasteiger partial charge on any atom is 0.0866 e. The van der Waals surface area contributed by atoms with E-state index in [0.29, 0.717) is 5.92 Å². The Morgan fingerprint density at radius 3 is 1.84 bits per heavy atom. The van der Waals surface area contributed by atoms with E-state index < -0.39 is 5.60 Å². The van der Waals surface area contributed by atoms with Gasteiger partial charge < -0.3 is 15.7 Å². The van der Waals surface area contributed by atoms with Gasteiger partial charge in [-0.25, -0.2) is 0 Å². The van der Waals surface area contributed by atoms with Crippen molar-refractivity contribution in [2.45, 2.75) is 134 Å². The zero-order valence-electron chi connectivity index (χ0n) is 24.7. The lowest BCUT2D eigenvalue weighted by Gasteiger charge is -2.30. The molecule has 0 saturated carbocycles. The lowest BCUT2D eigenvalue weighted by molar-refractivity contribution is 0.0430. The molecule has 1 unspecified atom stereocenters. The van der Waals surface area contributed by atoms with Crippen molar-refractivity contribution in [1.82, 2.24) is 10.6 Å². The maximum absolute atomic E-state index is 10.2. The molecule has 2 atom stereocenters. The third-order valence-electron chi connectivity index (χ3n) is 5.06. The first-order chi connectivity index (χ1) is 15.4. The van der Waals surface area contributed by atoms with Crippen LogP contribution in [0.2, 0.25) is 0 Å². The van der Waals surface area contributed by atoms with Gasteiger partial charge in [-0.3, -0.25) is 0 Å². The molecule has 1 aliphatic rings. The molecule has 0 aliphatic carbocycles. The predicted octanol–water partition coefficient (Wildman–Crippen LogP) is 8.54. The molecule has 3 heteroatoms. The van der Waals surface area contributed by atoms with Gasteiger partial charge in [-0.15, -0.1) is 6.58 Å². The Labute approximate surface area is 205 Å². The van der Waals surface area contributed by atoms with Crippen LogP contribution in [0.1, 0.15) is 128 Å². The fourth-order valence-electron chi connectivity index (χ4n) is 2.55. The molecule has 0 radical (unpaired) electrons. The number of unbranched alkanes of at least 4 members (excludes halogenated alkanes) is 3. The quantitative estimate of drug-likeness (QED) is 0.227. The van der Waals surface area contributed by atoms with Gasteiger partial charge >= 0.3 is 0 Å². The van der Waals surface area contributed by atoms with Crippen LogP contribution in [0.25, 0.3) is 0 Å². The Kier molecular flexibility index (Phi) is 49.0. The van der Waals surface area contributed by atoms with Crippen molar-refractivity contribution >= 4 is 0 Å². The molecule has 0 amide bonds.